The lowest BCUT2D eigenvalue weighted by Crippen LogP contribution is -2.45. The molecule has 5 nitrogen and oxygen atoms in total. The van der Waals surface area contributed by atoms with Gasteiger partial charge in [0, 0.05) is 51.3 Å². The number of nitrogens with one attached hydrogen (secondary N) is 1. The third-order valence-electron chi connectivity index (χ3n) is 5.39. The Kier molecular flexibility index (Phi) is 5.49. The zero-order valence-electron chi connectivity index (χ0n) is 14.7. The van der Waals surface area contributed by atoms with E-state index in [1.165, 1.54) is 0 Å². The van der Waals surface area contributed by atoms with Crippen molar-refractivity contribution >= 4 is 11.7 Å². The van der Waals surface area contributed by atoms with Crippen LogP contribution < -0.4 is 5.32 Å². The van der Waals surface area contributed by atoms with Crippen LogP contribution in [0.3, 0.4) is 0 Å². The first kappa shape index (κ1) is 18.0. The second-order valence-electron chi connectivity index (χ2n) is 7.23. The maximum absolute atomic E-state index is 13.3. The smallest absolute Gasteiger partial charge is 0.248 e. The number of nitrogens with zero attached hydrogens (tertiary/aromatic N) is 3. The average Bonchev–Trinajstić information content (AvgIpc) is 2.62. The van der Waals surface area contributed by atoms with Crippen LogP contribution in [0, 0.1) is 11.8 Å². The number of likely N-dealkylation sites (tertiary alicyclic amines) is 1. The number of hydrogen-bond donors (Lipinski definition) is 1. The molecule has 1 saturated heterocycles. The van der Waals surface area contributed by atoms with E-state index in [-0.39, 0.29) is 24.7 Å². The fraction of sp³-hybridized carbons (Fsp3) is 0.722. The molecule has 1 aliphatic heterocycles. The van der Waals surface area contributed by atoms with Crippen molar-refractivity contribution in [3.05, 3.63) is 18.1 Å². The molecule has 2 fully saturated rings. The molecule has 3 rings (SSSR count). The van der Waals surface area contributed by atoms with Crippen molar-refractivity contribution in [3.8, 4) is 0 Å². The van der Waals surface area contributed by atoms with Gasteiger partial charge in [0.2, 0.25) is 11.8 Å². The highest BCUT2D eigenvalue weighted by Crippen LogP contribution is 2.37. The van der Waals surface area contributed by atoms with Gasteiger partial charge in [0.15, 0.2) is 0 Å². The second-order valence-corrected chi connectivity index (χ2v) is 7.23. The summed E-state index contributed by atoms with van der Waals surface area (Å²) in [7, 11) is 1.82. The van der Waals surface area contributed by atoms with Crippen molar-refractivity contribution in [1.29, 1.82) is 0 Å². The molecule has 0 spiro atoms. The van der Waals surface area contributed by atoms with E-state index in [0.29, 0.717) is 25.3 Å². The van der Waals surface area contributed by atoms with E-state index in [2.05, 4.69) is 15.3 Å². The minimum atomic E-state index is -2.59. The SMILES string of the molecule is CNc1nccnc1C[C@@H]1CCCN(C(=O)C2CCC(F)(F)CC2)C1. The molecular formula is C18H26F2N4O. The summed E-state index contributed by atoms with van der Waals surface area (Å²) in [4.78, 5) is 23.3. The third-order valence-corrected chi connectivity index (χ3v) is 5.39. The molecule has 25 heavy (non-hydrogen) atoms. The number of alkyl halides is 2. The van der Waals surface area contributed by atoms with Crippen molar-refractivity contribution in [3.63, 3.8) is 0 Å². The predicted molar refractivity (Wildman–Crippen MR) is 91.5 cm³/mol. The number of rotatable bonds is 4. The zero-order valence-corrected chi connectivity index (χ0v) is 14.7. The molecular weight excluding hydrogens is 326 g/mol. The van der Waals surface area contributed by atoms with Gasteiger partial charge in [-0.3, -0.25) is 9.78 Å². The van der Waals surface area contributed by atoms with Crippen LogP contribution in [0.1, 0.15) is 44.2 Å². The fourth-order valence-corrected chi connectivity index (χ4v) is 3.98. The van der Waals surface area contributed by atoms with Crippen LogP contribution in [0.2, 0.25) is 0 Å². The standard InChI is InChI=1S/C18H26F2N4O/c1-21-16-15(22-8-9-23-16)11-13-3-2-10-24(12-13)17(25)14-4-6-18(19,20)7-5-14/h8-9,13-14H,2-7,10-12H2,1H3,(H,21,23)/t13-/m0/s1. The van der Waals surface area contributed by atoms with Gasteiger partial charge in [0.25, 0.3) is 0 Å². The molecule has 0 unspecified atom stereocenters. The molecule has 1 aromatic rings. The first-order chi connectivity index (χ1) is 12.0. The van der Waals surface area contributed by atoms with Gasteiger partial charge in [0.1, 0.15) is 5.82 Å². The Hall–Kier alpha value is -1.79. The Morgan fingerprint density at radius 3 is 2.72 bits per heavy atom. The number of hydrogen-bond acceptors (Lipinski definition) is 4. The van der Waals surface area contributed by atoms with E-state index < -0.39 is 5.92 Å². The maximum atomic E-state index is 13.3. The number of amides is 1. The molecule has 2 aliphatic rings. The van der Waals surface area contributed by atoms with Gasteiger partial charge < -0.3 is 10.2 Å². The van der Waals surface area contributed by atoms with Crippen molar-refractivity contribution in [2.45, 2.75) is 50.9 Å². The van der Waals surface area contributed by atoms with Crippen LogP contribution in [0.25, 0.3) is 0 Å². The molecule has 1 aromatic heterocycles. The molecule has 1 saturated carbocycles. The summed E-state index contributed by atoms with van der Waals surface area (Å²) in [5, 5.41) is 3.05. The molecule has 1 atom stereocenters. The molecule has 138 valence electrons. The zero-order chi connectivity index (χ0) is 17.9. The highest BCUT2D eigenvalue weighted by Gasteiger charge is 2.39. The second kappa shape index (κ2) is 7.62. The molecule has 0 bridgehead atoms. The summed E-state index contributed by atoms with van der Waals surface area (Å²) in [6.07, 6.45) is 6.41. The molecule has 0 radical (unpaired) electrons. The van der Waals surface area contributed by atoms with Crippen LogP contribution in [0.5, 0.6) is 0 Å². The van der Waals surface area contributed by atoms with Gasteiger partial charge in [-0.15, -0.1) is 0 Å². The van der Waals surface area contributed by atoms with E-state index in [4.69, 9.17) is 0 Å². The quantitative estimate of drug-likeness (QED) is 0.904. The van der Waals surface area contributed by atoms with Gasteiger partial charge in [-0.05, 0) is 38.0 Å². The molecule has 0 aromatic carbocycles. The summed E-state index contributed by atoms with van der Waals surface area (Å²) in [6, 6.07) is 0. The molecule has 1 N–H and O–H groups in total. The Morgan fingerprint density at radius 1 is 1.28 bits per heavy atom. The molecule has 2 heterocycles. The monoisotopic (exact) mass is 352 g/mol. The van der Waals surface area contributed by atoms with Crippen molar-refractivity contribution in [2.75, 3.05) is 25.5 Å². The average molecular weight is 352 g/mol. The van der Waals surface area contributed by atoms with Gasteiger partial charge in [-0.1, -0.05) is 0 Å². The lowest BCUT2D eigenvalue weighted by atomic mass is 9.84. The topological polar surface area (TPSA) is 58.1 Å². The number of aromatic nitrogens is 2. The number of anilines is 1. The minimum absolute atomic E-state index is 0.0631. The lowest BCUT2D eigenvalue weighted by Gasteiger charge is -2.37. The van der Waals surface area contributed by atoms with E-state index in [9.17, 15) is 13.6 Å². The highest BCUT2D eigenvalue weighted by atomic mass is 19.3. The number of halogens is 2. The maximum Gasteiger partial charge on any atom is 0.248 e. The van der Waals surface area contributed by atoms with Crippen molar-refractivity contribution in [1.82, 2.24) is 14.9 Å². The van der Waals surface area contributed by atoms with Crippen LogP contribution >= 0.6 is 0 Å². The minimum Gasteiger partial charge on any atom is -0.372 e. The van der Waals surface area contributed by atoms with Gasteiger partial charge in [0.05, 0.1) is 5.69 Å². The van der Waals surface area contributed by atoms with Crippen LogP contribution in [-0.4, -0.2) is 46.8 Å². The number of carbonyl (C=O) groups is 1. The Morgan fingerprint density at radius 2 is 2.00 bits per heavy atom. The van der Waals surface area contributed by atoms with E-state index in [0.717, 1.165) is 37.3 Å². The van der Waals surface area contributed by atoms with Crippen LogP contribution in [-0.2, 0) is 11.2 Å². The van der Waals surface area contributed by atoms with Gasteiger partial charge in [-0.25, -0.2) is 13.8 Å². The van der Waals surface area contributed by atoms with E-state index >= 15 is 0 Å². The lowest BCUT2D eigenvalue weighted by molar-refractivity contribution is -0.141. The Bertz CT molecular complexity index is 600. The first-order valence-corrected chi connectivity index (χ1v) is 9.13. The van der Waals surface area contributed by atoms with Crippen molar-refractivity contribution in [2.24, 2.45) is 11.8 Å². The van der Waals surface area contributed by atoms with E-state index in [1.807, 2.05) is 11.9 Å². The molecule has 7 heteroatoms. The summed E-state index contributed by atoms with van der Waals surface area (Å²) in [5.74, 6) is -1.64. The molecule has 1 amide bonds. The molecule has 1 aliphatic carbocycles. The largest absolute Gasteiger partial charge is 0.372 e. The van der Waals surface area contributed by atoms with Gasteiger partial charge in [-0.2, -0.15) is 0 Å². The summed E-state index contributed by atoms with van der Waals surface area (Å²) in [5.41, 5.74) is 0.918. The van der Waals surface area contributed by atoms with E-state index in [1.54, 1.807) is 12.4 Å². The highest BCUT2D eigenvalue weighted by molar-refractivity contribution is 5.79. The normalized spacial score (nSPS) is 24.1. The Balaban J connectivity index is 1.58. The number of piperidine rings is 1. The van der Waals surface area contributed by atoms with Gasteiger partial charge >= 0.3 is 0 Å². The van der Waals surface area contributed by atoms with Crippen LogP contribution in [0.15, 0.2) is 12.4 Å². The number of carbonyl (C=O) groups excluding carboxylic acids is 1. The fourth-order valence-electron chi connectivity index (χ4n) is 3.98. The predicted octanol–water partition coefficient (Wildman–Crippen LogP) is 3.12. The van der Waals surface area contributed by atoms with Crippen molar-refractivity contribution < 1.29 is 13.6 Å². The summed E-state index contributed by atoms with van der Waals surface area (Å²) < 4.78 is 26.6. The summed E-state index contributed by atoms with van der Waals surface area (Å²) in [6.45, 7) is 1.42. The summed E-state index contributed by atoms with van der Waals surface area (Å²) >= 11 is 0. The third kappa shape index (κ3) is 4.44. The Labute approximate surface area is 147 Å². The van der Waals surface area contributed by atoms with Crippen LogP contribution in [0.4, 0.5) is 14.6 Å². The first-order valence-electron chi connectivity index (χ1n) is 9.13.